The number of nitrogens with one attached hydrogen (secondary N) is 3. The number of hydrogen-bond acceptors (Lipinski definition) is 4. The maximum atomic E-state index is 12.1. The van der Waals surface area contributed by atoms with Crippen LogP contribution < -0.4 is 16.0 Å². The maximum absolute atomic E-state index is 12.1. The van der Waals surface area contributed by atoms with Crippen molar-refractivity contribution in [3.8, 4) is 0 Å². The van der Waals surface area contributed by atoms with Gasteiger partial charge in [0, 0.05) is 31.2 Å². The summed E-state index contributed by atoms with van der Waals surface area (Å²) >= 11 is 1.24. The lowest BCUT2D eigenvalue weighted by molar-refractivity contribution is 0.0956. The van der Waals surface area contributed by atoms with Gasteiger partial charge in [0.15, 0.2) is 0 Å². The minimum atomic E-state index is -0.342. The summed E-state index contributed by atoms with van der Waals surface area (Å²) in [6.07, 6.45) is 6.18. The van der Waals surface area contributed by atoms with Crippen LogP contribution in [0.5, 0.6) is 0 Å². The zero-order valence-corrected chi connectivity index (χ0v) is 14.8. The third kappa shape index (κ3) is 5.18. The van der Waals surface area contributed by atoms with Gasteiger partial charge in [0.2, 0.25) is 0 Å². The van der Waals surface area contributed by atoms with Crippen LogP contribution in [0.1, 0.15) is 16.1 Å². The summed E-state index contributed by atoms with van der Waals surface area (Å²) < 4.78 is 1.96. The summed E-state index contributed by atoms with van der Waals surface area (Å²) in [6.45, 7) is 1.38. The molecule has 0 saturated carbocycles. The van der Waals surface area contributed by atoms with Crippen molar-refractivity contribution in [2.75, 3.05) is 17.2 Å². The number of carbonyl (C=O) groups excluding carboxylic acids is 2. The molecular weight excluding hydrogens is 350 g/mol. The van der Waals surface area contributed by atoms with Crippen molar-refractivity contribution in [2.45, 2.75) is 13.0 Å². The molecule has 0 aliphatic carbocycles. The fraction of sp³-hybridized carbons (Fsp3) is 0.167. The van der Waals surface area contributed by atoms with Gasteiger partial charge >= 0.3 is 6.03 Å². The molecule has 3 amide bonds. The number of carbonyl (C=O) groups is 2. The maximum Gasteiger partial charge on any atom is 0.324 e. The zero-order chi connectivity index (χ0) is 18.2. The van der Waals surface area contributed by atoms with Crippen LogP contribution in [0.3, 0.4) is 0 Å². The number of aryl methyl sites for hydroxylation is 1. The van der Waals surface area contributed by atoms with E-state index in [1.807, 2.05) is 29.0 Å². The number of amides is 3. The summed E-state index contributed by atoms with van der Waals surface area (Å²) in [5, 5.41) is 8.95. The van der Waals surface area contributed by atoms with E-state index in [1.54, 1.807) is 36.8 Å². The second-order valence-corrected chi connectivity index (χ2v) is 6.60. The normalized spacial score (nSPS) is 10.3. The highest BCUT2D eigenvalue weighted by Crippen LogP contribution is 2.22. The van der Waals surface area contributed by atoms with Crippen molar-refractivity contribution in [1.82, 2.24) is 14.9 Å². The first-order valence-electron chi connectivity index (χ1n) is 8.17. The van der Waals surface area contributed by atoms with Crippen LogP contribution in [-0.2, 0) is 6.54 Å². The largest absolute Gasteiger partial charge is 0.351 e. The molecule has 26 heavy (non-hydrogen) atoms. The van der Waals surface area contributed by atoms with Crippen LogP contribution in [0.25, 0.3) is 0 Å². The smallest absolute Gasteiger partial charge is 0.324 e. The topological polar surface area (TPSA) is 88.0 Å². The molecule has 2 heterocycles. The number of hydrogen-bond donors (Lipinski definition) is 3. The molecule has 0 saturated heterocycles. The van der Waals surface area contributed by atoms with Crippen molar-refractivity contribution in [3.05, 3.63) is 66.1 Å². The first-order valence-corrected chi connectivity index (χ1v) is 8.99. The van der Waals surface area contributed by atoms with Gasteiger partial charge in [0.1, 0.15) is 0 Å². The lowest BCUT2D eigenvalue weighted by atomic mass is 10.3. The Morgan fingerprint density at radius 2 is 1.92 bits per heavy atom. The molecule has 3 aromatic rings. The van der Waals surface area contributed by atoms with Gasteiger partial charge < -0.3 is 15.2 Å². The van der Waals surface area contributed by atoms with E-state index in [-0.39, 0.29) is 11.9 Å². The van der Waals surface area contributed by atoms with Gasteiger partial charge in [0.05, 0.1) is 16.2 Å². The predicted octanol–water partition coefficient (Wildman–Crippen LogP) is 3.41. The van der Waals surface area contributed by atoms with Crippen LogP contribution in [0, 0.1) is 0 Å². The molecule has 0 radical (unpaired) electrons. The minimum absolute atomic E-state index is 0.142. The molecule has 0 fully saturated rings. The first kappa shape index (κ1) is 17.7. The molecule has 0 bridgehead atoms. The van der Waals surface area contributed by atoms with E-state index in [0.29, 0.717) is 22.1 Å². The number of anilines is 2. The molecule has 0 spiro atoms. The average Bonchev–Trinajstić information content (AvgIpc) is 3.31. The van der Waals surface area contributed by atoms with Gasteiger partial charge in [-0.1, -0.05) is 18.2 Å². The molecule has 2 aromatic heterocycles. The minimum Gasteiger partial charge on any atom is -0.351 e. The molecule has 3 rings (SSSR count). The molecule has 134 valence electrons. The fourth-order valence-electron chi connectivity index (χ4n) is 2.29. The molecule has 1 aromatic carbocycles. The lowest BCUT2D eigenvalue weighted by Gasteiger charge is -2.05. The first-order chi connectivity index (χ1) is 12.7. The zero-order valence-electron chi connectivity index (χ0n) is 14.0. The molecule has 0 unspecified atom stereocenters. The van der Waals surface area contributed by atoms with Gasteiger partial charge in [-0.2, -0.15) is 0 Å². The van der Waals surface area contributed by atoms with Gasteiger partial charge in [-0.05, 0) is 30.7 Å². The number of thiophene rings is 1. The monoisotopic (exact) mass is 369 g/mol. The van der Waals surface area contributed by atoms with Crippen LogP contribution in [0.15, 0.2) is 61.2 Å². The highest BCUT2D eigenvalue weighted by molar-refractivity contribution is 7.18. The number of nitrogens with zero attached hydrogens (tertiary/aromatic N) is 2. The van der Waals surface area contributed by atoms with Crippen molar-refractivity contribution in [1.29, 1.82) is 0 Å². The molecule has 8 heteroatoms. The summed E-state index contributed by atoms with van der Waals surface area (Å²) in [7, 11) is 0. The van der Waals surface area contributed by atoms with E-state index in [0.717, 1.165) is 13.0 Å². The molecule has 0 atom stereocenters. The quantitative estimate of drug-likeness (QED) is 0.558. The van der Waals surface area contributed by atoms with E-state index in [1.165, 1.54) is 11.3 Å². The van der Waals surface area contributed by atoms with Crippen LogP contribution >= 0.6 is 11.3 Å². The summed E-state index contributed by atoms with van der Waals surface area (Å²) in [5.41, 5.74) is 0.706. The van der Waals surface area contributed by atoms with Gasteiger partial charge in [-0.15, -0.1) is 11.3 Å². The number of rotatable bonds is 7. The van der Waals surface area contributed by atoms with E-state index in [9.17, 15) is 9.59 Å². The van der Waals surface area contributed by atoms with Gasteiger partial charge in [-0.3, -0.25) is 10.1 Å². The molecule has 7 nitrogen and oxygen atoms in total. The molecule has 0 aliphatic rings. The van der Waals surface area contributed by atoms with E-state index in [2.05, 4.69) is 20.9 Å². The molecule has 0 aliphatic heterocycles. The Morgan fingerprint density at radius 3 is 2.69 bits per heavy atom. The Bertz CT molecular complexity index is 846. The molecular formula is C18H19N5O2S. The van der Waals surface area contributed by atoms with Crippen LogP contribution in [-0.4, -0.2) is 28.0 Å². The Balaban J connectivity index is 1.43. The third-order valence-corrected chi connectivity index (χ3v) is 4.54. The van der Waals surface area contributed by atoms with Crippen LogP contribution in [0.2, 0.25) is 0 Å². The SMILES string of the molecule is O=C(Nc1ccccc1)Nc1ccc(C(=O)NCCCn2ccnc2)s1. The Labute approximate surface area is 155 Å². The van der Waals surface area contributed by atoms with E-state index in [4.69, 9.17) is 0 Å². The Kier molecular flexibility index (Phi) is 6.00. The third-order valence-electron chi connectivity index (χ3n) is 3.54. The number of urea groups is 1. The van der Waals surface area contributed by atoms with E-state index < -0.39 is 0 Å². The van der Waals surface area contributed by atoms with Crippen molar-refractivity contribution in [2.24, 2.45) is 0 Å². The van der Waals surface area contributed by atoms with Gasteiger partial charge in [0.25, 0.3) is 5.91 Å². The summed E-state index contributed by atoms with van der Waals surface area (Å²) in [6, 6.07) is 12.2. The second kappa shape index (κ2) is 8.82. The number of para-hydroxylation sites is 1. The number of aromatic nitrogens is 2. The lowest BCUT2D eigenvalue weighted by Crippen LogP contribution is -2.24. The van der Waals surface area contributed by atoms with Crippen LogP contribution in [0.4, 0.5) is 15.5 Å². The highest BCUT2D eigenvalue weighted by atomic mass is 32.1. The highest BCUT2D eigenvalue weighted by Gasteiger charge is 2.10. The van der Waals surface area contributed by atoms with Crippen molar-refractivity contribution >= 4 is 34.0 Å². The van der Waals surface area contributed by atoms with Crippen molar-refractivity contribution in [3.63, 3.8) is 0 Å². The molecule has 3 N–H and O–H groups in total. The van der Waals surface area contributed by atoms with Crippen molar-refractivity contribution < 1.29 is 9.59 Å². The number of benzene rings is 1. The number of imidazole rings is 1. The Hall–Kier alpha value is -3.13. The predicted molar refractivity (Wildman–Crippen MR) is 103 cm³/mol. The van der Waals surface area contributed by atoms with E-state index >= 15 is 0 Å². The second-order valence-electron chi connectivity index (χ2n) is 5.52. The standard InChI is InChI=1S/C18H19N5O2S/c24-17(20-9-4-11-23-12-10-19-13-23)15-7-8-16(26-15)22-18(25)21-14-5-2-1-3-6-14/h1-3,5-8,10,12-13H,4,9,11H2,(H,20,24)(H2,21,22,25). The average molecular weight is 369 g/mol. The Morgan fingerprint density at radius 1 is 1.08 bits per heavy atom. The summed E-state index contributed by atoms with van der Waals surface area (Å²) in [4.78, 5) is 28.6. The summed E-state index contributed by atoms with van der Waals surface area (Å²) in [5.74, 6) is -0.142. The van der Waals surface area contributed by atoms with Gasteiger partial charge in [-0.25, -0.2) is 9.78 Å². The fourth-order valence-corrected chi connectivity index (χ4v) is 3.11.